The molecule has 0 saturated carbocycles. The maximum Gasteiger partial charge on any atom is 0.412 e. The molecule has 0 aromatic carbocycles. The smallest absolute Gasteiger partial charge is 0.412 e. The maximum atomic E-state index is 11.9. The number of carbonyl (C=O) groups is 1. The van der Waals surface area contributed by atoms with Crippen LogP contribution in [0.1, 0.15) is 41.5 Å². The second-order valence-electron chi connectivity index (χ2n) is 5.46. The standard InChI is InChI=1S/C11H21NO3.Y/c1-8-7-14-11(5,6)12(8)9(13)15-10(2,3)4;/h8H,7H2,1-6H3;. The normalized spacial score (nSPS) is 23.9. The van der Waals surface area contributed by atoms with Gasteiger partial charge in [-0.1, -0.05) is 0 Å². The van der Waals surface area contributed by atoms with Crippen molar-refractivity contribution in [2.45, 2.75) is 58.9 Å². The van der Waals surface area contributed by atoms with E-state index >= 15 is 0 Å². The predicted molar refractivity (Wildman–Crippen MR) is 57.6 cm³/mol. The van der Waals surface area contributed by atoms with E-state index in [9.17, 15) is 4.79 Å². The molecule has 1 heterocycles. The summed E-state index contributed by atoms with van der Waals surface area (Å²) in [5, 5.41) is 0. The average molecular weight is 304 g/mol. The molecular weight excluding hydrogens is 283 g/mol. The van der Waals surface area contributed by atoms with Crippen LogP contribution in [0.3, 0.4) is 0 Å². The molecule has 16 heavy (non-hydrogen) atoms. The Morgan fingerprint density at radius 1 is 1.44 bits per heavy atom. The Hall–Kier alpha value is 0.334. The van der Waals surface area contributed by atoms with Gasteiger partial charge in [-0.3, -0.25) is 4.90 Å². The zero-order valence-electron chi connectivity index (χ0n) is 11.0. The van der Waals surface area contributed by atoms with Gasteiger partial charge >= 0.3 is 6.09 Å². The second kappa shape index (κ2) is 5.32. The fourth-order valence-corrected chi connectivity index (χ4v) is 1.71. The molecule has 0 aromatic rings. The largest absolute Gasteiger partial charge is 0.444 e. The van der Waals surface area contributed by atoms with Crippen molar-refractivity contribution in [2.75, 3.05) is 6.61 Å². The second-order valence-corrected chi connectivity index (χ2v) is 5.46. The van der Waals surface area contributed by atoms with E-state index in [2.05, 4.69) is 0 Å². The van der Waals surface area contributed by atoms with Crippen molar-refractivity contribution in [3.8, 4) is 0 Å². The van der Waals surface area contributed by atoms with Gasteiger partial charge in [0.1, 0.15) is 11.3 Å². The van der Waals surface area contributed by atoms with Crippen LogP contribution >= 0.6 is 0 Å². The molecule has 4 nitrogen and oxygen atoms in total. The topological polar surface area (TPSA) is 38.8 Å². The SMILES string of the molecule is CC1COC(C)(C)N1C(=O)OC(C)(C)C.[Y]. The molecule has 1 unspecified atom stereocenters. The molecule has 0 aliphatic carbocycles. The molecule has 0 spiro atoms. The van der Waals surface area contributed by atoms with E-state index in [1.54, 1.807) is 4.90 Å². The van der Waals surface area contributed by atoms with Gasteiger partial charge in [0.15, 0.2) is 0 Å². The monoisotopic (exact) mass is 304 g/mol. The summed E-state index contributed by atoms with van der Waals surface area (Å²) in [5.74, 6) is 0. The van der Waals surface area contributed by atoms with E-state index in [0.29, 0.717) is 6.61 Å². The van der Waals surface area contributed by atoms with Crippen molar-refractivity contribution >= 4 is 6.09 Å². The number of rotatable bonds is 0. The molecule has 1 amide bonds. The number of nitrogens with zero attached hydrogens (tertiary/aromatic N) is 1. The van der Waals surface area contributed by atoms with Crippen molar-refractivity contribution in [1.29, 1.82) is 0 Å². The average Bonchev–Trinajstić information content (AvgIpc) is 2.21. The van der Waals surface area contributed by atoms with Gasteiger partial charge in [-0.15, -0.1) is 0 Å². The first-order valence-electron chi connectivity index (χ1n) is 5.30. The van der Waals surface area contributed by atoms with Crippen LogP contribution in [-0.2, 0) is 42.2 Å². The molecule has 1 rings (SSSR count). The van der Waals surface area contributed by atoms with Crippen LogP contribution in [0.2, 0.25) is 0 Å². The first kappa shape index (κ1) is 16.3. The van der Waals surface area contributed by atoms with Crippen LogP contribution in [0.25, 0.3) is 0 Å². The van der Waals surface area contributed by atoms with Crippen LogP contribution in [0.5, 0.6) is 0 Å². The molecule has 1 aliphatic heterocycles. The Kier molecular flexibility index (Phi) is 5.43. The summed E-state index contributed by atoms with van der Waals surface area (Å²) in [6.07, 6.45) is -0.308. The molecule has 1 aliphatic rings. The first-order chi connectivity index (χ1) is 6.63. The maximum absolute atomic E-state index is 11.9. The van der Waals surface area contributed by atoms with E-state index < -0.39 is 11.3 Å². The third-order valence-corrected chi connectivity index (χ3v) is 2.29. The summed E-state index contributed by atoms with van der Waals surface area (Å²) in [5.41, 5.74) is -1.03. The third-order valence-electron chi connectivity index (χ3n) is 2.29. The first-order valence-corrected chi connectivity index (χ1v) is 5.30. The van der Waals surface area contributed by atoms with Gasteiger partial charge < -0.3 is 9.47 Å². The number of carbonyl (C=O) groups excluding carboxylic acids is 1. The third kappa shape index (κ3) is 3.97. The molecule has 0 bridgehead atoms. The molecule has 1 saturated heterocycles. The fraction of sp³-hybridized carbons (Fsp3) is 0.909. The van der Waals surface area contributed by atoms with Gasteiger partial charge in [0.05, 0.1) is 12.6 Å². The molecule has 1 radical (unpaired) electrons. The molecular formula is C11H21NO3Y. The molecule has 91 valence electrons. The molecule has 5 heteroatoms. The fourth-order valence-electron chi connectivity index (χ4n) is 1.71. The minimum atomic E-state index is -0.568. The van der Waals surface area contributed by atoms with Gasteiger partial charge in [0, 0.05) is 32.7 Å². The Balaban J connectivity index is 0.00000225. The van der Waals surface area contributed by atoms with Crippen LogP contribution in [0.15, 0.2) is 0 Å². The summed E-state index contributed by atoms with van der Waals surface area (Å²) in [4.78, 5) is 13.6. The van der Waals surface area contributed by atoms with Crippen molar-refractivity contribution in [2.24, 2.45) is 0 Å². The zero-order chi connectivity index (χ0) is 11.9. The van der Waals surface area contributed by atoms with Crippen molar-refractivity contribution in [3.05, 3.63) is 0 Å². The van der Waals surface area contributed by atoms with E-state index in [0.717, 1.165) is 0 Å². The van der Waals surface area contributed by atoms with Gasteiger partial charge in [-0.05, 0) is 41.5 Å². The Bertz CT molecular complexity index is 260. The van der Waals surface area contributed by atoms with E-state index in [-0.39, 0.29) is 44.8 Å². The number of hydrogen-bond donors (Lipinski definition) is 0. The molecule has 1 atom stereocenters. The summed E-state index contributed by atoms with van der Waals surface area (Å²) in [6, 6.07) is 0.0647. The number of ether oxygens (including phenoxy) is 2. The molecule has 0 aromatic heterocycles. The van der Waals surface area contributed by atoms with Crippen molar-refractivity contribution < 1.29 is 47.0 Å². The quantitative estimate of drug-likeness (QED) is 0.690. The van der Waals surface area contributed by atoms with Gasteiger partial charge in [0.25, 0.3) is 0 Å². The van der Waals surface area contributed by atoms with Crippen molar-refractivity contribution in [1.82, 2.24) is 4.90 Å². The van der Waals surface area contributed by atoms with Gasteiger partial charge in [0.2, 0.25) is 0 Å². The minimum absolute atomic E-state index is 0. The zero-order valence-corrected chi connectivity index (χ0v) is 13.9. The van der Waals surface area contributed by atoms with E-state index in [1.165, 1.54) is 0 Å². The predicted octanol–water partition coefficient (Wildman–Crippen LogP) is 2.38. The summed E-state index contributed by atoms with van der Waals surface area (Å²) in [6.45, 7) is 11.9. The van der Waals surface area contributed by atoms with E-state index in [4.69, 9.17) is 9.47 Å². The minimum Gasteiger partial charge on any atom is -0.444 e. The Morgan fingerprint density at radius 2 is 1.94 bits per heavy atom. The van der Waals surface area contributed by atoms with Crippen LogP contribution in [0.4, 0.5) is 4.79 Å². The number of hydrogen-bond acceptors (Lipinski definition) is 3. The van der Waals surface area contributed by atoms with Crippen LogP contribution in [0, 0.1) is 0 Å². The van der Waals surface area contributed by atoms with Crippen molar-refractivity contribution in [3.63, 3.8) is 0 Å². The van der Waals surface area contributed by atoms with Gasteiger partial charge in [-0.25, -0.2) is 4.79 Å². The molecule has 1 fully saturated rings. The van der Waals surface area contributed by atoms with E-state index in [1.807, 2.05) is 41.5 Å². The van der Waals surface area contributed by atoms with Gasteiger partial charge in [-0.2, -0.15) is 0 Å². The summed E-state index contributed by atoms with van der Waals surface area (Å²) >= 11 is 0. The van der Waals surface area contributed by atoms with Crippen LogP contribution in [-0.4, -0.2) is 35.0 Å². The summed E-state index contributed by atoms with van der Waals surface area (Å²) < 4.78 is 10.9. The molecule has 0 N–H and O–H groups in total. The summed E-state index contributed by atoms with van der Waals surface area (Å²) in [7, 11) is 0. The number of amides is 1. The Labute approximate surface area is 123 Å². The Morgan fingerprint density at radius 3 is 2.25 bits per heavy atom. The van der Waals surface area contributed by atoms with Crippen LogP contribution < -0.4 is 0 Å².